The van der Waals surface area contributed by atoms with Crippen molar-refractivity contribution in [3.8, 4) is 0 Å². The number of rotatable bonds is 9. The van der Waals surface area contributed by atoms with Crippen molar-refractivity contribution in [3.05, 3.63) is 107 Å². The van der Waals surface area contributed by atoms with Crippen LogP contribution in [0, 0.1) is 5.92 Å². The zero-order valence-electron chi connectivity index (χ0n) is 22.0. The second-order valence-corrected chi connectivity index (χ2v) is 10.1. The molecule has 8 heteroatoms. The molecule has 2 aliphatic rings. The number of amides is 2. The number of carboxylic acid groups (broad SMARTS) is 1. The zero-order chi connectivity index (χ0) is 27.9. The summed E-state index contributed by atoms with van der Waals surface area (Å²) >= 11 is 0. The fourth-order valence-electron chi connectivity index (χ4n) is 5.24. The van der Waals surface area contributed by atoms with Gasteiger partial charge in [-0.1, -0.05) is 67.4 Å². The molecule has 3 aromatic rings. The Hall–Kier alpha value is -4.72. The van der Waals surface area contributed by atoms with Gasteiger partial charge in [0.2, 0.25) is 11.8 Å². The molecular formula is C32H31N3O5. The van der Waals surface area contributed by atoms with Gasteiger partial charge in [-0.25, -0.2) is 9.80 Å². The van der Waals surface area contributed by atoms with Crippen LogP contribution in [0.25, 0.3) is 6.08 Å². The van der Waals surface area contributed by atoms with E-state index in [0.29, 0.717) is 18.1 Å². The molecule has 1 unspecified atom stereocenters. The Balaban J connectivity index is 1.30. The third kappa shape index (κ3) is 6.64. The Labute approximate surface area is 233 Å². The van der Waals surface area contributed by atoms with E-state index in [9.17, 15) is 14.4 Å². The highest BCUT2D eigenvalue weighted by atomic mass is 16.5. The molecule has 0 spiro atoms. The van der Waals surface area contributed by atoms with Crippen molar-refractivity contribution in [1.82, 2.24) is 5.01 Å². The standard InChI is InChI=1S/C32H31N3O5/c36-28-21-40-32(26-8-2-1-3-9-26)34-35(28)20-23-10-15-25(16-11-23)30(24-6-4-5-7-24)31(39)33-27-17-12-22(13-18-27)14-19-29(37)38/h1-3,8-19,24,30H,4-7,20-21H2,(H,33,39)(H,37,38)/b19-14+. The molecule has 1 atom stereocenters. The van der Waals surface area contributed by atoms with E-state index in [1.54, 1.807) is 24.3 Å². The third-order valence-corrected chi connectivity index (χ3v) is 7.27. The quantitative estimate of drug-likeness (QED) is 0.355. The van der Waals surface area contributed by atoms with E-state index in [1.807, 2.05) is 54.6 Å². The maximum Gasteiger partial charge on any atom is 0.328 e. The van der Waals surface area contributed by atoms with Crippen molar-refractivity contribution in [2.45, 2.75) is 38.1 Å². The molecule has 1 aliphatic heterocycles. The molecule has 40 heavy (non-hydrogen) atoms. The van der Waals surface area contributed by atoms with Crippen molar-refractivity contribution in [2.75, 3.05) is 11.9 Å². The summed E-state index contributed by atoms with van der Waals surface area (Å²) in [5, 5.41) is 17.7. The predicted octanol–water partition coefficient (Wildman–Crippen LogP) is 5.42. The summed E-state index contributed by atoms with van der Waals surface area (Å²) in [5.41, 5.74) is 4.06. The van der Waals surface area contributed by atoms with E-state index in [4.69, 9.17) is 9.84 Å². The summed E-state index contributed by atoms with van der Waals surface area (Å²) in [5.74, 6) is -0.909. The van der Waals surface area contributed by atoms with Gasteiger partial charge in [-0.05, 0) is 65.8 Å². The van der Waals surface area contributed by atoms with Gasteiger partial charge in [0.25, 0.3) is 5.91 Å². The Morgan fingerprint density at radius 1 is 1.00 bits per heavy atom. The molecule has 0 saturated heterocycles. The van der Waals surface area contributed by atoms with Crippen LogP contribution < -0.4 is 5.32 Å². The Bertz CT molecular complexity index is 1410. The number of nitrogens with zero attached hydrogens (tertiary/aromatic N) is 2. The van der Waals surface area contributed by atoms with E-state index in [0.717, 1.165) is 54.0 Å². The van der Waals surface area contributed by atoms with Crippen molar-refractivity contribution >= 4 is 35.4 Å². The van der Waals surface area contributed by atoms with Gasteiger partial charge in [-0.2, -0.15) is 0 Å². The second kappa shape index (κ2) is 12.4. The monoisotopic (exact) mass is 537 g/mol. The zero-order valence-corrected chi connectivity index (χ0v) is 22.0. The number of hydrogen-bond donors (Lipinski definition) is 2. The summed E-state index contributed by atoms with van der Waals surface area (Å²) in [4.78, 5) is 36.8. The Morgan fingerprint density at radius 2 is 1.70 bits per heavy atom. The number of carbonyl (C=O) groups excluding carboxylic acids is 2. The minimum atomic E-state index is -1.01. The highest BCUT2D eigenvalue weighted by Gasteiger charge is 2.32. The van der Waals surface area contributed by atoms with Crippen LogP contribution in [0.15, 0.2) is 90.0 Å². The van der Waals surface area contributed by atoms with E-state index >= 15 is 0 Å². The van der Waals surface area contributed by atoms with Crippen molar-refractivity contribution in [3.63, 3.8) is 0 Å². The topological polar surface area (TPSA) is 108 Å². The molecule has 2 N–H and O–H groups in total. The lowest BCUT2D eigenvalue weighted by Crippen LogP contribution is -2.36. The number of hydrogen-bond acceptors (Lipinski definition) is 5. The number of carbonyl (C=O) groups is 3. The van der Waals surface area contributed by atoms with Crippen molar-refractivity contribution in [1.29, 1.82) is 0 Å². The number of nitrogens with one attached hydrogen (secondary N) is 1. The molecule has 0 radical (unpaired) electrons. The number of anilines is 1. The molecule has 1 saturated carbocycles. The first-order valence-corrected chi connectivity index (χ1v) is 13.4. The minimum Gasteiger partial charge on any atom is -0.478 e. The highest BCUT2D eigenvalue weighted by Crippen LogP contribution is 2.38. The molecule has 204 valence electrons. The predicted molar refractivity (Wildman–Crippen MR) is 152 cm³/mol. The number of carboxylic acids is 1. The maximum atomic E-state index is 13.5. The molecule has 0 aromatic heterocycles. The average Bonchev–Trinajstić information content (AvgIpc) is 3.50. The average molecular weight is 538 g/mol. The van der Waals surface area contributed by atoms with Crippen LogP contribution in [-0.4, -0.2) is 40.4 Å². The van der Waals surface area contributed by atoms with Gasteiger partial charge in [0.15, 0.2) is 6.61 Å². The van der Waals surface area contributed by atoms with Gasteiger partial charge < -0.3 is 15.2 Å². The van der Waals surface area contributed by atoms with Gasteiger partial charge in [-0.15, -0.1) is 5.10 Å². The Morgan fingerprint density at radius 3 is 2.38 bits per heavy atom. The molecule has 2 amide bonds. The summed E-state index contributed by atoms with van der Waals surface area (Å²) < 4.78 is 5.54. The van der Waals surface area contributed by atoms with Crippen molar-refractivity contribution < 1.29 is 24.2 Å². The van der Waals surface area contributed by atoms with Crippen LogP contribution in [0.5, 0.6) is 0 Å². The van der Waals surface area contributed by atoms with Crippen LogP contribution in [-0.2, 0) is 25.7 Å². The first-order valence-electron chi connectivity index (χ1n) is 13.4. The van der Waals surface area contributed by atoms with Crippen LogP contribution in [0.1, 0.15) is 53.9 Å². The smallest absolute Gasteiger partial charge is 0.328 e. The summed E-state index contributed by atoms with van der Waals surface area (Å²) in [6, 6.07) is 24.4. The lowest BCUT2D eigenvalue weighted by atomic mass is 9.83. The molecule has 3 aromatic carbocycles. The molecule has 1 aliphatic carbocycles. The van der Waals surface area contributed by atoms with Gasteiger partial charge in [0.1, 0.15) is 0 Å². The van der Waals surface area contributed by atoms with Gasteiger partial charge >= 0.3 is 5.97 Å². The first-order chi connectivity index (χ1) is 19.5. The van der Waals surface area contributed by atoms with Crippen LogP contribution >= 0.6 is 0 Å². The first kappa shape index (κ1) is 26.9. The van der Waals surface area contributed by atoms with E-state index in [2.05, 4.69) is 10.4 Å². The van der Waals surface area contributed by atoms with Crippen LogP contribution in [0.4, 0.5) is 5.69 Å². The largest absolute Gasteiger partial charge is 0.478 e. The number of benzene rings is 3. The van der Waals surface area contributed by atoms with Crippen LogP contribution in [0.2, 0.25) is 0 Å². The molecule has 1 heterocycles. The van der Waals surface area contributed by atoms with E-state index < -0.39 is 5.97 Å². The maximum absolute atomic E-state index is 13.5. The fraction of sp³-hybridized carbons (Fsp3) is 0.250. The Kier molecular flexibility index (Phi) is 8.35. The minimum absolute atomic E-state index is 0.0612. The normalized spacial score (nSPS) is 16.4. The van der Waals surface area contributed by atoms with Crippen LogP contribution in [0.3, 0.4) is 0 Å². The summed E-state index contributed by atoms with van der Waals surface area (Å²) in [6.07, 6.45) is 6.80. The summed E-state index contributed by atoms with van der Waals surface area (Å²) in [7, 11) is 0. The number of aliphatic carboxylic acids is 1. The fourth-order valence-corrected chi connectivity index (χ4v) is 5.24. The summed E-state index contributed by atoms with van der Waals surface area (Å²) in [6.45, 7) is 0.244. The SMILES string of the molecule is O=C(O)/C=C/c1ccc(NC(=O)C(c2ccc(CN3N=C(c4ccccc4)OCC3=O)cc2)C2CCCC2)cc1. The molecule has 0 bridgehead atoms. The number of ether oxygens (including phenoxy) is 1. The molecule has 5 rings (SSSR count). The highest BCUT2D eigenvalue weighted by molar-refractivity contribution is 5.98. The van der Waals surface area contributed by atoms with Crippen molar-refractivity contribution in [2.24, 2.45) is 11.0 Å². The lowest BCUT2D eigenvalue weighted by molar-refractivity contribution is -0.136. The third-order valence-electron chi connectivity index (χ3n) is 7.27. The van der Waals surface area contributed by atoms with Gasteiger partial charge in [0, 0.05) is 17.3 Å². The van der Waals surface area contributed by atoms with E-state index in [1.165, 1.54) is 11.1 Å². The van der Waals surface area contributed by atoms with Gasteiger partial charge in [-0.3, -0.25) is 9.59 Å². The lowest BCUT2D eigenvalue weighted by Gasteiger charge is -2.25. The molecule has 8 nitrogen and oxygen atoms in total. The number of hydrazone groups is 1. The van der Waals surface area contributed by atoms with E-state index in [-0.39, 0.29) is 30.3 Å². The second-order valence-electron chi connectivity index (χ2n) is 10.1. The molecule has 1 fully saturated rings. The molecular weight excluding hydrogens is 506 g/mol. The van der Waals surface area contributed by atoms with Gasteiger partial charge in [0.05, 0.1) is 12.5 Å².